The van der Waals surface area contributed by atoms with Crippen LogP contribution in [0.25, 0.3) is 34.2 Å². The zero-order chi connectivity index (χ0) is 39.4. The molecule has 1 heterocycles. The largest absolute Gasteiger partial charge is 0.507 e. The van der Waals surface area contributed by atoms with E-state index in [0.717, 1.165) is 0 Å². The summed E-state index contributed by atoms with van der Waals surface area (Å²) in [6, 6.07) is 9.67. The van der Waals surface area contributed by atoms with Gasteiger partial charge in [-0.15, -0.1) is 0 Å². The van der Waals surface area contributed by atoms with Crippen molar-refractivity contribution in [1.29, 1.82) is 0 Å². The average Bonchev–Trinajstić information content (AvgIpc) is 3.17. The molecule has 0 radical (unpaired) electrons. The lowest BCUT2D eigenvalue weighted by atomic mass is 10.1. The molecule has 0 aliphatic rings. The van der Waals surface area contributed by atoms with Gasteiger partial charge in [0.25, 0.3) is 0 Å². The molecule has 0 bridgehead atoms. The number of aromatic nitrogens is 3. The molecule has 0 atom stereocenters. The molecule has 1 aromatic heterocycles. The molecule has 3 N–H and O–H groups in total. The number of carbonyl (C=O) groups excluding carboxylic acids is 3. The van der Waals surface area contributed by atoms with Crippen molar-refractivity contribution in [3.63, 3.8) is 0 Å². The van der Waals surface area contributed by atoms with Crippen LogP contribution in [0.4, 0.5) is 0 Å². The first-order chi connectivity index (χ1) is 25.9. The quantitative estimate of drug-likeness (QED) is 0.0614. The number of carbonyl (C=O) groups is 3. The lowest BCUT2D eigenvalue weighted by Crippen LogP contribution is -2.06. The summed E-state index contributed by atoms with van der Waals surface area (Å²) >= 11 is 0. The minimum Gasteiger partial charge on any atom is -0.507 e. The number of nitrogens with zero attached hydrogens (tertiary/aromatic N) is 3. The molecule has 54 heavy (non-hydrogen) atoms. The third kappa shape index (κ3) is 10.1. The van der Waals surface area contributed by atoms with Gasteiger partial charge in [0, 0.05) is 36.0 Å². The molecule has 0 aliphatic carbocycles. The third-order valence-corrected chi connectivity index (χ3v) is 8.53. The van der Waals surface area contributed by atoms with Crippen molar-refractivity contribution in [3.8, 4) is 68.7 Å². The fraction of sp³-hybridized carbons (Fsp3) is 0.385. The van der Waals surface area contributed by atoms with E-state index in [9.17, 15) is 29.7 Å². The van der Waals surface area contributed by atoms with Crippen molar-refractivity contribution >= 4 is 17.9 Å². The van der Waals surface area contributed by atoms with Crippen LogP contribution in [0.15, 0.2) is 36.4 Å². The van der Waals surface area contributed by atoms with Crippen LogP contribution in [0.1, 0.15) is 55.2 Å². The molecule has 4 rings (SSSR count). The minimum atomic E-state index is -0.354. The summed E-state index contributed by atoms with van der Waals surface area (Å²) in [5.74, 6) is -0.296. The van der Waals surface area contributed by atoms with Crippen LogP contribution in [-0.2, 0) is 28.6 Å². The van der Waals surface area contributed by atoms with Crippen molar-refractivity contribution in [2.24, 2.45) is 0 Å². The molecule has 288 valence electrons. The topological polar surface area (TPSA) is 206 Å². The maximum Gasteiger partial charge on any atom is 0.305 e. The van der Waals surface area contributed by atoms with Gasteiger partial charge in [-0.1, -0.05) is 0 Å². The average molecular weight is 748 g/mol. The number of rotatable bonds is 18. The summed E-state index contributed by atoms with van der Waals surface area (Å²) in [6.45, 7) is 5.62. The number of hydrogen-bond acceptors (Lipinski definition) is 15. The first-order valence-electron chi connectivity index (χ1n) is 17.2. The maximum absolute atomic E-state index is 11.5. The van der Waals surface area contributed by atoms with Gasteiger partial charge in [-0.3, -0.25) is 14.4 Å². The highest BCUT2D eigenvalue weighted by Gasteiger charge is 2.23. The lowest BCUT2D eigenvalue weighted by Gasteiger charge is -2.16. The fourth-order valence-electron chi connectivity index (χ4n) is 5.29. The summed E-state index contributed by atoms with van der Waals surface area (Å²) in [5, 5.41) is 34.1. The number of esters is 3. The maximum atomic E-state index is 11.5. The Balaban J connectivity index is 1.74. The number of aromatic hydroxyl groups is 3. The van der Waals surface area contributed by atoms with E-state index < -0.39 is 0 Å². The Morgan fingerprint density at radius 3 is 0.981 bits per heavy atom. The molecule has 15 heteroatoms. The Bertz CT molecular complexity index is 1750. The normalized spacial score (nSPS) is 10.8. The van der Waals surface area contributed by atoms with E-state index in [2.05, 4.69) is 29.2 Å². The van der Waals surface area contributed by atoms with Crippen LogP contribution in [0.3, 0.4) is 0 Å². The molecule has 0 amide bonds. The number of methoxy groups -OCH3 is 3. The van der Waals surface area contributed by atoms with Crippen LogP contribution in [0, 0.1) is 20.8 Å². The van der Waals surface area contributed by atoms with Crippen LogP contribution < -0.4 is 14.2 Å². The van der Waals surface area contributed by atoms with E-state index in [1.807, 2.05) is 0 Å². The standard InChI is InChI=1S/C39H45N3O12/c1-22-28(52-19-7-10-31(43)49-4)16-13-25(34(22)46)37-40-38(26-14-17-29(23(2)35(26)47)53-20-8-11-32(44)50-5)42-39(41-37)27-15-18-30(24(3)36(27)48)54-21-9-12-33(45)51-6/h13-18,46-48H,7-12,19-21H2,1-6H3. The number of ether oxygens (including phenoxy) is 6. The summed E-state index contributed by atoms with van der Waals surface area (Å²) < 4.78 is 31.5. The van der Waals surface area contributed by atoms with E-state index >= 15 is 0 Å². The van der Waals surface area contributed by atoms with Gasteiger partial charge >= 0.3 is 17.9 Å². The molecule has 3 aromatic carbocycles. The molecule has 15 nitrogen and oxygen atoms in total. The molecule has 0 saturated heterocycles. The zero-order valence-electron chi connectivity index (χ0n) is 31.2. The van der Waals surface area contributed by atoms with Gasteiger partial charge in [-0.2, -0.15) is 0 Å². The van der Waals surface area contributed by atoms with E-state index in [4.69, 9.17) is 14.2 Å². The summed E-state index contributed by atoms with van der Waals surface area (Å²) in [5.41, 5.74) is 1.87. The first-order valence-corrected chi connectivity index (χ1v) is 17.2. The second-order valence-electron chi connectivity index (χ2n) is 12.1. The molecule has 0 fully saturated rings. The second-order valence-corrected chi connectivity index (χ2v) is 12.1. The number of phenolic OH excluding ortho intramolecular Hbond substituents is 3. The van der Waals surface area contributed by atoms with Gasteiger partial charge in [0.05, 0.1) is 57.8 Å². The van der Waals surface area contributed by atoms with Gasteiger partial charge in [0.15, 0.2) is 17.5 Å². The molecule has 0 spiro atoms. The Kier molecular flexibility index (Phi) is 14.4. The number of phenols is 3. The van der Waals surface area contributed by atoms with E-state index in [1.54, 1.807) is 57.2 Å². The lowest BCUT2D eigenvalue weighted by molar-refractivity contribution is -0.141. The van der Waals surface area contributed by atoms with Gasteiger partial charge in [-0.05, 0) is 76.4 Å². The van der Waals surface area contributed by atoms with Crippen LogP contribution in [-0.4, -0.2) is 89.3 Å². The van der Waals surface area contributed by atoms with Gasteiger partial charge in [0.1, 0.15) is 34.5 Å². The highest BCUT2D eigenvalue weighted by atomic mass is 16.5. The molecular formula is C39H45N3O12. The number of hydrogen-bond donors (Lipinski definition) is 3. The van der Waals surface area contributed by atoms with Crippen molar-refractivity contribution in [2.45, 2.75) is 59.3 Å². The molecular weight excluding hydrogens is 702 g/mol. The second kappa shape index (κ2) is 19.1. The van der Waals surface area contributed by atoms with E-state index in [-0.39, 0.29) is 108 Å². The predicted octanol–water partition coefficient (Wildman–Crippen LogP) is 5.91. The summed E-state index contributed by atoms with van der Waals surface area (Å²) in [4.78, 5) is 48.4. The van der Waals surface area contributed by atoms with Crippen molar-refractivity contribution < 1.29 is 58.1 Å². The van der Waals surface area contributed by atoms with Gasteiger partial charge in [-0.25, -0.2) is 15.0 Å². The van der Waals surface area contributed by atoms with Crippen LogP contribution >= 0.6 is 0 Å². The van der Waals surface area contributed by atoms with Crippen LogP contribution in [0.5, 0.6) is 34.5 Å². The zero-order valence-corrected chi connectivity index (χ0v) is 31.2. The Morgan fingerprint density at radius 1 is 0.481 bits per heavy atom. The monoisotopic (exact) mass is 747 g/mol. The van der Waals surface area contributed by atoms with Crippen molar-refractivity contribution in [1.82, 2.24) is 15.0 Å². The first kappa shape index (κ1) is 40.6. The predicted molar refractivity (Wildman–Crippen MR) is 196 cm³/mol. The third-order valence-electron chi connectivity index (χ3n) is 8.53. The molecule has 4 aromatic rings. The van der Waals surface area contributed by atoms with Crippen molar-refractivity contribution in [3.05, 3.63) is 53.1 Å². The van der Waals surface area contributed by atoms with E-state index in [0.29, 0.717) is 53.2 Å². The fourth-order valence-corrected chi connectivity index (χ4v) is 5.29. The number of benzene rings is 3. The molecule has 0 aliphatic heterocycles. The smallest absolute Gasteiger partial charge is 0.305 e. The highest BCUT2D eigenvalue weighted by Crippen LogP contribution is 2.41. The Morgan fingerprint density at radius 2 is 0.741 bits per heavy atom. The Hall–Kier alpha value is -6.12. The van der Waals surface area contributed by atoms with E-state index in [1.165, 1.54) is 21.3 Å². The van der Waals surface area contributed by atoms with Gasteiger partial charge < -0.3 is 43.7 Å². The summed E-state index contributed by atoms with van der Waals surface area (Å²) in [7, 11) is 3.95. The minimum absolute atomic E-state index is 0.0354. The SMILES string of the molecule is COC(=O)CCCOc1ccc(-c2nc(-c3ccc(OCCCC(=O)OC)c(C)c3O)nc(-c3ccc(OCCCC(=O)OC)c(C)c3O)n2)c(O)c1C. The van der Waals surface area contributed by atoms with Gasteiger partial charge in [0.2, 0.25) is 0 Å². The van der Waals surface area contributed by atoms with Crippen molar-refractivity contribution in [2.75, 3.05) is 41.2 Å². The summed E-state index contributed by atoms with van der Waals surface area (Å²) in [6.07, 6.45) is 1.78. The Labute approximate surface area is 312 Å². The molecule has 0 saturated carbocycles. The van der Waals surface area contributed by atoms with Crippen LogP contribution in [0.2, 0.25) is 0 Å². The highest BCUT2D eigenvalue weighted by molar-refractivity contribution is 5.77. The molecule has 0 unspecified atom stereocenters.